The maximum atomic E-state index is 13.3. The normalized spacial score (nSPS) is 12.9. The molecule has 2 aromatic rings. The number of thiophene rings is 1. The Labute approximate surface area is 140 Å². The van der Waals surface area contributed by atoms with Gasteiger partial charge in [0.05, 0.1) is 6.54 Å². The number of halogens is 1. The van der Waals surface area contributed by atoms with Gasteiger partial charge in [0.1, 0.15) is 0 Å². The zero-order valence-corrected chi connectivity index (χ0v) is 14.2. The van der Waals surface area contributed by atoms with Crippen molar-refractivity contribution < 1.29 is 9.50 Å². The first-order chi connectivity index (χ1) is 11.1. The van der Waals surface area contributed by atoms with Crippen molar-refractivity contribution >= 4 is 17.3 Å². The summed E-state index contributed by atoms with van der Waals surface area (Å²) in [5.74, 6) is 0.119. The van der Waals surface area contributed by atoms with Crippen molar-refractivity contribution in [2.45, 2.75) is 26.3 Å². The molecular formula is C17H22FN3OS. The molecule has 0 amide bonds. The topological polar surface area (TPSA) is 56.7 Å². The predicted molar refractivity (Wildman–Crippen MR) is 93.6 cm³/mol. The molecule has 1 aromatic carbocycles. The van der Waals surface area contributed by atoms with E-state index in [9.17, 15) is 9.50 Å². The summed E-state index contributed by atoms with van der Waals surface area (Å²) in [6, 6.07) is 6.44. The number of rotatable bonds is 6. The minimum Gasteiger partial charge on any atom is -0.505 e. The number of nitrogens with one attached hydrogen (secondary N) is 2. The second-order valence-electron chi connectivity index (χ2n) is 5.32. The summed E-state index contributed by atoms with van der Waals surface area (Å²) < 4.78 is 13.3. The molecule has 0 aliphatic heterocycles. The number of hydrogen-bond acceptors (Lipinski definition) is 3. The Morgan fingerprint density at radius 2 is 2.17 bits per heavy atom. The molecule has 0 aliphatic rings. The molecule has 1 heterocycles. The lowest BCUT2D eigenvalue weighted by atomic mass is 10.1. The Morgan fingerprint density at radius 3 is 2.83 bits per heavy atom. The minimum absolute atomic E-state index is 0.340. The summed E-state index contributed by atoms with van der Waals surface area (Å²) in [5, 5.41) is 19.9. The van der Waals surface area contributed by atoms with Crippen molar-refractivity contribution in [1.29, 1.82) is 0 Å². The summed E-state index contributed by atoms with van der Waals surface area (Å²) in [4.78, 5) is 4.46. The van der Waals surface area contributed by atoms with E-state index in [1.165, 1.54) is 17.7 Å². The molecule has 0 aliphatic carbocycles. The van der Waals surface area contributed by atoms with E-state index in [1.807, 2.05) is 6.92 Å². The van der Waals surface area contributed by atoms with Crippen molar-refractivity contribution in [3.63, 3.8) is 0 Å². The van der Waals surface area contributed by atoms with Crippen LogP contribution in [0.4, 0.5) is 4.39 Å². The van der Waals surface area contributed by atoms with Gasteiger partial charge in [-0.2, -0.15) is 11.3 Å². The molecule has 0 fully saturated rings. The number of benzene rings is 1. The third-order valence-electron chi connectivity index (χ3n) is 3.46. The predicted octanol–water partition coefficient (Wildman–Crippen LogP) is 3.45. The maximum Gasteiger partial charge on any atom is 0.191 e. The van der Waals surface area contributed by atoms with Crippen molar-refractivity contribution in [3.8, 4) is 5.75 Å². The van der Waals surface area contributed by atoms with Gasteiger partial charge in [0, 0.05) is 13.1 Å². The van der Waals surface area contributed by atoms with Gasteiger partial charge in [-0.1, -0.05) is 13.0 Å². The largest absolute Gasteiger partial charge is 0.505 e. The Bertz CT molecular complexity index is 643. The second kappa shape index (κ2) is 8.53. The maximum absolute atomic E-state index is 13.3. The van der Waals surface area contributed by atoms with Crippen LogP contribution in [0.1, 0.15) is 30.9 Å². The first kappa shape index (κ1) is 17.3. The molecule has 6 heteroatoms. The molecule has 23 heavy (non-hydrogen) atoms. The lowest BCUT2D eigenvalue weighted by molar-refractivity contribution is 0.432. The molecular weight excluding hydrogens is 313 g/mol. The van der Waals surface area contributed by atoms with Gasteiger partial charge in [-0.3, -0.25) is 0 Å². The Balaban J connectivity index is 1.95. The van der Waals surface area contributed by atoms with Gasteiger partial charge >= 0.3 is 0 Å². The minimum atomic E-state index is -0.623. The van der Waals surface area contributed by atoms with Crippen LogP contribution in [0, 0.1) is 5.82 Å². The van der Waals surface area contributed by atoms with Gasteiger partial charge in [-0.25, -0.2) is 9.38 Å². The van der Waals surface area contributed by atoms with E-state index in [0.29, 0.717) is 24.0 Å². The van der Waals surface area contributed by atoms with E-state index >= 15 is 0 Å². The molecule has 0 bridgehead atoms. The molecule has 0 saturated carbocycles. The molecule has 1 unspecified atom stereocenters. The molecule has 3 N–H and O–H groups in total. The molecule has 4 nitrogen and oxygen atoms in total. The first-order valence-electron chi connectivity index (χ1n) is 7.61. The van der Waals surface area contributed by atoms with Crippen LogP contribution in [-0.2, 0) is 6.54 Å². The highest BCUT2D eigenvalue weighted by molar-refractivity contribution is 7.07. The highest BCUT2D eigenvalue weighted by atomic mass is 32.1. The number of aliphatic imine (C=N–C) groups is 1. The van der Waals surface area contributed by atoms with Crippen LogP contribution in [-0.4, -0.2) is 24.2 Å². The quantitative estimate of drug-likeness (QED) is 0.560. The number of guanidine groups is 1. The van der Waals surface area contributed by atoms with Crippen LogP contribution in [0.2, 0.25) is 0 Å². The smallest absolute Gasteiger partial charge is 0.191 e. The number of nitrogens with zero attached hydrogens (tertiary/aromatic N) is 1. The summed E-state index contributed by atoms with van der Waals surface area (Å²) in [7, 11) is 0. The van der Waals surface area contributed by atoms with E-state index < -0.39 is 5.82 Å². The lowest BCUT2D eigenvalue weighted by Gasteiger charge is -2.15. The fourth-order valence-corrected chi connectivity index (χ4v) is 2.87. The molecule has 0 saturated heterocycles. The first-order valence-corrected chi connectivity index (χ1v) is 8.56. The van der Waals surface area contributed by atoms with Crippen LogP contribution >= 0.6 is 11.3 Å². The molecule has 1 aromatic heterocycles. The summed E-state index contributed by atoms with van der Waals surface area (Å²) in [5.41, 5.74) is 2.02. The van der Waals surface area contributed by atoms with Gasteiger partial charge in [0.25, 0.3) is 0 Å². The highest BCUT2D eigenvalue weighted by Gasteiger charge is 2.07. The number of hydrogen-bond donors (Lipinski definition) is 3. The van der Waals surface area contributed by atoms with Gasteiger partial charge in [-0.15, -0.1) is 0 Å². The molecule has 2 rings (SSSR count). The third-order valence-corrected chi connectivity index (χ3v) is 4.17. The van der Waals surface area contributed by atoms with E-state index in [0.717, 1.165) is 13.1 Å². The summed E-state index contributed by atoms with van der Waals surface area (Å²) >= 11 is 1.69. The number of phenols is 1. The van der Waals surface area contributed by atoms with Crippen molar-refractivity contribution in [2.24, 2.45) is 4.99 Å². The van der Waals surface area contributed by atoms with Crippen LogP contribution < -0.4 is 10.6 Å². The number of aromatic hydroxyl groups is 1. The zero-order chi connectivity index (χ0) is 16.7. The van der Waals surface area contributed by atoms with Crippen LogP contribution in [0.5, 0.6) is 5.75 Å². The van der Waals surface area contributed by atoms with Crippen LogP contribution in [0.25, 0.3) is 0 Å². The lowest BCUT2D eigenvalue weighted by Crippen LogP contribution is -2.39. The van der Waals surface area contributed by atoms with E-state index in [4.69, 9.17) is 0 Å². The molecule has 124 valence electrons. The molecule has 1 atom stereocenters. The van der Waals surface area contributed by atoms with E-state index in [1.54, 1.807) is 17.4 Å². The second-order valence-corrected chi connectivity index (χ2v) is 6.10. The summed E-state index contributed by atoms with van der Waals surface area (Å²) in [6.45, 7) is 6.03. The average molecular weight is 335 g/mol. The van der Waals surface area contributed by atoms with E-state index in [2.05, 4.69) is 39.4 Å². The Kier molecular flexibility index (Phi) is 6.40. The van der Waals surface area contributed by atoms with Gasteiger partial charge in [0.15, 0.2) is 17.5 Å². The monoisotopic (exact) mass is 335 g/mol. The third kappa shape index (κ3) is 5.25. The standard InChI is InChI=1S/C17H22FN3OS/c1-3-19-17(20-9-12(2)14-6-7-23-11-14)21-10-13-4-5-16(22)15(18)8-13/h4-8,11-12,22H,3,9-10H2,1-2H3,(H2,19,20,21). The molecule has 0 radical (unpaired) electrons. The Morgan fingerprint density at radius 1 is 1.35 bits per heavy atom. The number of phenolic OH excluding ortho intramolecular Hbond substituents is 1. The van der Waals surface area contributed by atoms with Crippen molar-refractivity contribution in [3.05, 3.63) is 52.0 Å². The van der Waals surface area contributed by atoms with Gasteiger partial charge in [-0.05, 0) is 52.9 Å². The van der Waals surface area contributed by atoms with E-state index in [-0.39, 0.29) is 5.75 Å². The summed E-state index contributed by atoms with van der Waals surface area (Å²) in [6.07, 6.45) is 0. The van der Waals surface area contributed by atoms with Gasteiger partial charge in [0.2, 0.25) is 0 Å². The molecule has 0 spiro atoms. The average Bonchev–Trinajstić information content (AvgIpc) is 3.07. The van der Waals surface area contributed by atoms with Crippen molar-refractivity contribution in [1.82, 2.24) is 10.6 Å². The fourth-order valence-electron chi connectivity index (χ4n) is 2.08. The Hall–Kier alpha value is -2.08. The van der Waals surface area contributed by atoms with Crippen molar-refractivity contribution in [2.75, 3.05) is 13.1 Å². The highest BCUT2D eigenvalue weighted by Crippen LogP contribution is 2.18. The van der Waals surface area contributed by atoms with Gasteiger partial charge < -0.3 is 15.7 Å². The van der Waals surface area contributed by atoms with Crippen LogP contribution in [0.3, 0.4) is 0 Å². The fraction of sp³-hybridized carbons (Fsp3) is 0.353. The van der Waals surface area contributed by atoms with Crippen LogP contribution in [0.15, 0.2) is 40.0 Å². The SMILES string of the molecule is CCNC(=NCc1ccc(O)c(F)c1)NCC(C)c1ccsc1. The zero-order valence-electron chi connectivity index (χ0n) is 13.3.